The number of nitrogens with two attached hydrogens (primary N) is 1. The number of rotatable bonds is 5. The van der Waals surface area contributed by atoms with Crippen molar-refractivity contribution in [1.82, 2.24) is 9.97 Å². The Morgan fingerprint density at radius 1 is 1.47 bits per heavy atom. The van der Waals surface area contributed by atoms with E-state index in [4.69, 9.17) is 5.73 Å². The molecule has 0 aliphatic carbocycles. The van der Waals surface area contributed by atoms with Gasteiger partial charge in [0.25, 0.3) is 0 Å². The van der Waals surface area contributed by atoms with Gasteiger partial charge in [0.15, 0.2) is 0 Å². The molecule has 6 heteroatoms. The molecule has 94 valence electrons. The Bertz CT molecular complexity index is 377. The summed E-state index contributed by atoms with van der Waals surface area (Å²) in [6, 6.07) is 1.34. The molecule has 0 bridgehead atoms. The lowest BCUT2D eigenvalue weighted by molar-refractivity contribution is -0.117. The number of aryl methyl sites for hydroxylation is 2. The molecule has 1 atom stereocenters. The summed E-state index contributed by atoms with van der Waals surface area (Å²) in [6.45, 7) is 3.72. The third-order valence-electron chi connectivity index (χ3n) is 2.19. The number of hydrogen-bond acceptors (Lipinski definition) is 5. The van der Waals surface area contributed by atoms with Gasteiger partial charge in [0, 0.05) is 11.4 Å². The Kier molecular flexibility index (Phi) is 5.37. The van der Waals surface area contributed by atoms with Crippen molar-refractivity contribution < 1.29 is 4.79 Å². The Hall–Kier alpha value is -1.14. The predicted octanol–water partition coefficient (Wildman–Crippen LogP) is 1.11. The van der Waals surface area contributed by atoms with Crippen LogP contribution in [0.4, 0.5) is 5.95 Å². The van der Waals surface area contributed by atoms with Gasteiger partial charge in [-0.25, -0.2) is 9.97 Å². The van der Waals surface area contributed by atoms with Gasteiger partial charge in [0.1, 0.15) is 0 Å². The number of amides is 1. The maximum absolute atomic E-state index is 11.7. The van der Waals surface area contributed by atoms with E-state index < -0.39 is 6.04 Å². The average molecular weight is 254 g/mol. The summed E-state index contributed by atoms with van der Waals surface area (Å²) in [6.07, 6.45) is 2.63. The molecule has 1 rings (SSSR count). The number of aromatic nitrogens is 2. The monoisotopic (exact) mass is 254 g/mol. The molecule has 0 spiro atoms. The van der Waals surface area contributed by atoms with E-state index in [1.165, 1.54) is 0 Å². The number of carbonyl (C=O) groups is 1. The molecule has 0 aromatic carbocycles. The van der Waals surface area contributed by atoms with E-state index in [0.29, 0.717) is 12.4 Å². The average Bonchev–Trinajstić information content (AvgIpc) is 2.24. The highest BCUT2D eigenvalue weighted by atomic mass is 32.2. The highest BCUT2D eigenvalue weighted by molar-refractivity contribution is 7.98. The van der Waals surface area contributed by atoms with Gasteiger partial charge in [-0.05, 0) is 38.3 Å². The maximum atomic E-state index is 11.7. The second-order valence-corrected chi connectivity index (χ2v) is 4.84. The van der Waals surface area contributed by atoms with E-state index in [-0.39, 0.29) is 5.91 Å². The molecule has 3 N–H and O–H groups in total. The molecule has 1 heterocycles. The molecule has 0 aliphatic rings. The topological polar surface area (TPSA) is 80.9 Å². The zero-order chi connectivity index (χ0) is 12.8. The molecule has 1 aromatic heterocycles. The lowest BCUT2D eigenvalue weighted by atomic mass is 10.2. The lowest BCUT2D eigenvalue weighted by Crippen LogP contribution is -2.36. The molecular formula is C11H18N4OS. The quantitative estimate of drug-likeness (QED) is 0.822. The molecule has 0 aliphatic heterocycles. The first-order valence-corrected chi connectivity index (χ1v) is 6.80. The molecule has 0 saturated heterocycles. The van der Waals surface area contributed by atoms with Crippen molar-refractivity contribution in [3.05, 3.63) is 17.5 Å². The first kappa shape index (κ1) is 13.9. The van der Waals surface area contributed by atoms with Crippen molar-refractivity contribution in [2.45, 2.75) is 26.3 Å². The summed E-state index contributed by atoms with van der Waals surface area (Å²) >= 11 is 1.67. The Morgan fingerprint density at radius 3 is 2.59 bits per heavy atom. The van der Waals surface area contributed by atoms with Crippen LogP contribution in [0.2, 0.25) is 0 Å². The van der Waals surface area contributed by atoms with Crippen LogP contribution in [0.5, 0.6) is 0 Å². The summed E-state index contributed by atoms with van der Waals surface area (Å²) in [5.41, 5.74) is 7.40. The van der Waals surface area contributed by atoms with Crippen molar-refractivity contribution in [3.63, 3.8) is 0 Å². The van der Waals surface area contributed by atoms with Crippen LogP contribution < -0.4 is 11.1 Å². The third-order valence-corrected chi connectivity index (χ3v) is 2.83. The summed E-state index contributed by atoms with van der Waals surface area (Å²) in [4.78, 5) is 20.0. The van der Waals surface area contributed by atoms with E-state index in [2.05, 4.69) is 15.3 Å². The Balaban J connectivity index is 2.61. The number of anilines is 1. The fourth-order valence-corrected chi connectivity index (χ4v) is 1.85. The first-order valence-electron chi connectivity index (χ1n) is 5.40. The van der Waals surface area contributed by atoms with E-state index in [0.717, 1.165) is 17.1 Å². The highest BCUT2D eigenvalue weighted by Crippen LogP contribution is 2.05. The van der Waals surface area contributed by atoms with Crippen LogP contribution in [-0.2, 0) is 4.79 Å². The fourth-order valence-electron chi connectivity index (χ4n) is 1.36. The standard InChI is InChI=1S/C11H18N4OS/c1-7-6-8(2)14-11(13-7)15-10(16)9(12)4-5-17-3/h6,9H,4-5,12H2,1-3H3,(H,13,14,15,16)/t9-/m0/s1. The molecule has 1 aromatic rings. The van der Waals surface area contributed by atoms with Crippen LogP contribution >= 0.6 is 11.8 Å². The van der Waals surface area contributed by atoms with Gasteiger partial charge >= 0.3 is 0 Å². The van der Waals surface area contributed by atoms with Crippen LogP contribution in [-0.4, -0.2) is 33.9 Å². The maximum Gasteiger partial charge on any atom is 0.243 e. The molecule has 0 fully saturated rings. The molecule has 5 nitrogen and oxygen atoms in total. The SMILES string of the molecule is CSCC[C@H](N)C(=O)Nc1nc(C)cc(C)n1. The molecule has 0 radical (unpaired) electrons. The summed E-state index contributed by atoms with van der Waals surface area (Å²) < 4.78 is 0. The molecule has 1 amide bonds. The minimum atomic E-state index is -0.508. The van der Waals surface area contributed by atoms with Crippen molar-refractivity contribution in [2.75, 3.05) is 17.3 Å². The van der Waals surface area contributed by atoms with Crippen molar-refractivity contribution in [1.29, 1.82) is 0 Å². The molecule has 0 saturated carbocycles. The molecule has 0 unspecified atom stereocenters. The number of thioether (sulfide) groups is 1. The zero-order valence-electron chi connectivity index (χ0n) is 10.4. The second kappa shape index (κ2) is 6.56. The summed E-state index contributed by atoms with van der Waals surface area (Å²) in [7, 11) is 0. The first-order chi connectivity index (χ1) is 8.02. The normalized spacial score (nSPS) is 12.2. The van der Waals surface area contributed by atoms with Gasteiger partial charge in [0.05, 0.1) is 6.04 Å². The Morgan fingerprint density at radius 2 is 2.06 bits per heavy atom. The third kappa shape index (κ3) is 4.70. The minimum absolute atomic E-state index is 0.232. The zero-order valence-corrected chi connectivity index (χ0v) is 11.2. The largest absolute Gasteiger partial charge is 0.320 e. The van der Waals surface area contributed by atoms with Gasteiger partial charge in [-0.15, -0.1) is 0 Å². The number of carbonyl (C=O) groups excluding carboxylic acids is 1. The van der Waals surface area contributed by atoms with E-state index in [1.54, 1.807) is 11.8 Å². The van der Waals surface area contributed by atoms with Gasteiger partial charge in [0.2, 0.25) is 11.9 Å². The number of nitrogens with one attached hydrogen (secondary N) is 1. The minimum Gasteiger partial charge on any atom is -0.320 e. The van der Waals surface area contributed by atoms with Gasteiger partial charge in [-0.1, -0.05) is 0 Å². The Labute approximate surface area is 106 Å². The highest BCUT2D eigenvalue weighted by Gasteiger charge is 2.14. The van der Waals surface area contributed by atoms with Crippen LogP contribution in [0.1, 0.15) is 17.8 Å². The molecular weight excluding hydrogens is 236 g/mol. The predicted molar refractivity (Wildman–Crippen MR) is 71.1 cm³/mol. The number of hydrogen-bond donors (Lipinski definition) is 2. The molecule has 17 heavy (non-hydrogen) atoms. The summed E-state index contributed by atoms with van der Waals surface area (Å²) in [5, 5.41) is 2.64. The van der Waals surface area contributed by atoms with E-state index in [9.17, 15) is 4.79 Å². The van der Waals surface area contributed by atoms with Gasteiger partial charge < -0.3 is 5.73 Å². The van der Waals surface area contributed by atoms with Crippen molar-refractivity contribution >= 4 is 23.6 Å². The van der Waals surface area contributed by atoms with Crippen LogP contribution in [0.25, 0.3) is 0 Å². The second-order valence-electron chi connectivity index (χ2n) is 3.85. The van der Waals surface area contributed by atoms with Crippen molar-refractivity contribution in [2.24, 2.45) is 5.73 Å². The fraction of sp³-hybridized carbons (Fsp3) is 0.545. The van der Waals surface area contributed by atoms with E-state index in [1.807, 2.05) is 26.2 Å². The van der Waals surface area contributed by atoms with Crippen LogP contribution in [0, 0.1) is 13.8 Å². The lowest BCUT2D eigenvalue weighted by Gasteiger charge is -2.11. The van der Waals surface area contributed by atoms with Gasteiger partial charge in [-0.3, -0.25) is 10.1 Å². The van der Waals surface area contributed by atoms with Gasteiger partial charge in [-0.2, -0.15) is 11.8 Å². The number of nitrogens with zero attached hydrogens (tertiary/aromatic N) is 2. The van der Waals surface area contributed by atoms with E-state index >= 15 is 0 Å². The van der Waals surface area contributed by atoms with Crippen LogP contribution in [0.3, 0.4) is 0 Å². The summed E-state index contributed by atoms with van der Waals surface area (Å²) in [5.74, 6) is 0.957. The van der Waals surface area contributed by atoms with Crippen molar-refractivity contribution in [3.8, 4) is 0 Å². The van der Waals surface area contributed by atoms with Crippen LogP contribution in [0.15, 0.2) is 6.07 Å². The smallest absolute Gasteiger partial charge is 0.243 e.